The van der Waals surface area contributed by atoms with Crippen LogP contribution < -0.4 is 0 Å². The van der Waals surface area contributed by atoms with Crippen molar-refractivity contribution in [1.82, 2.24) is 0 Å². The molecule has 17 heavy (non-hydrogen) atoms. The number of ether oxygens (including phenoxy) is 4. The Morgan fingerprint density at radius 2 is 1.12 bits per heavy atom. The van der Waals surface area contributed by atoms with Crippen LogP contribution in [-0.2, 0) is 18.9 Å². The van der Waals surface area contributed by atoms with Crippen LogP contribution in [0.25, 0.3) is 0 Å². The number of methoxy groups -OCH3 is 1. The summed E-state index contributed by atoms with van der Waals surface area (Å²) >= 11 is 0. The average molecular weight is 330 g/mol. The molecular weight excluding hydrogens is 311 g/mol. The molecule has 0 aliphatic carbocycles. The van der Waals surface area contributed by atoms with E-state index in [4.69, 9.17) is 51.0 Å². The van der Waals surface area contributed by atoms with Gasteiger partial charge in [0, 0.05) is 12.9 Å². The van der Waals surface area contributed by atoms with Crippen LogP contribution in [0, 0.1) is 0 Å². The van der Waals surface area contributed by atoms with Crippen LogP contribution >= 0.6 is 39.7 Å². The number of halogens is 3. The second kappa shape index (κ2) is 12.1. The van der Waals surface area contributed by atoms with Crippen molar-refractivity contribution in [2.75, 3.05) is 59.1 Å². The maximum absolute atomic E-state index is 5.63. The molecule has 0 aromatic carbocycles. The molecule has 0 bridgehead atoms. The lowest BCUT2D eigenvalue weighted by atomic mass is 10.7. The molecule has 0 aromatic heterocycles. The highest BCUT2D eigenvalue weighted by molar-refractivity contribution is 8.79. The molecule has 0 radical (unpaired) electrons. The summed E-state index contributed by atoms with van der Waals surface area (Å²) in [5.41, 5.74) is 0. The molecule has 0 spiro atoms. The van der Waals surface area contributed by atoms with E-state index in [9.17, 15) is 0 Å². The minimum absolute atomic E-state index is 0.444. The van der Waals surface area contributed by atoms with Crippen LogP contribution in [0.15, 0.2) is 0 Å². The Bertz CT molecular complexity index is 169. The molecule has 0 aromatic rings. The average Bonchev–Trinajstić information content (AvgIpc) is 2.24. The summed E-state index contributed by atoms with van der Waals surface area (Å²) in [6.07, 6.45) is 0. The summed E-state index contributed by atoms with van der Waals surface area (Å²) in [6, 6.07) is 0. The van der Waals surface area contributed by atoms with Crippen molar-refractivity contribution in [1.29, 1.82) is 0 Å². The van der Waals surface area contributed by atoms with E-state index in [0.717, 1.165) is 0 Å². The fourth-order valence-electron chi connectivity index (χ4n) is 0.838. The number of hydrogen-bond acceptors (Lipinski definition) is 4. The van der Waals surface area contributed by atoms with Gasteiger partial charge in [0.15, 0.2) is 0 Å². The lowest BCUT2D eigenvalue weighted by molar-refractivity contribution is 0.00564. The minimum atomic E-state index is -2.02. The normalized spacial score (nSPS) is 12.9. The Hall–Kier alpha value is 1.06. The van der Waals surface area contributed by atoms with E-state index in [1.165, 1.54) is 0 Å². The topological polar surface area (TPSA) is 36.9 Å². The van der Waals surface area contributed by atoms with E-state index in [1.807, 2.05) is 0 Å². The van der Waals surface area contributed by atoms with Gasteiger partial charge in [-0.2, -0.15) is 0 Å². The Labute approximate surface area is 118 Å². The predicted molar refractivity (Wildman–Crippen MR) is 74.4 cm³/mol. The minimum Gasteiger partial charge on any atom is -0.382 e. The van der Waals surface area contributed by atoms with E-state index in [0.29, 0.717) is 52.0 Å². The van der Waals surface area contributed by atoms with Crippen molar-refractivity contribution in [3.05, 3.63) is 0 Å². The van der Waals surface area contributed by atoms with Crippen molar-refractivity contribution in [2.24, 2.45) is 0 Å². The first-order chi connectivity index (χ1) is 8.06. The van der Waals surface area contributed by atoms with E-state index in [-0.39, 0.29) is 0 Å². The quantitative estimate of drug-likeness (QED) is 0.516. The number of hydrogen-bond donors (Lipinski definition) is 0. The molecule has 4 nitrogen and oxygen atoms in total. The zero-order valence-corrected chi connectivity index (χ0v) is 12.9. The van der Waals surface area contributed by atoms with Gasteiger partial charge in [0.05, 0.1) is 46.2 Å². The van der Waals surface area contributed by atoms with Gasteiger partial charge >= 0.3 is 0 Å². The van der Waals surface area contributed by atoms with Gasteiger partial charge in [-0.05, 0) is 39.7 Å². The summed E-state index contributed by atoms with van der Waals surface area (Å²) in [7, 11) is 16.5. The molecule has 0 N–H and O–H groups in total. The second-order valence-electron chi connectivity index (χ2n) is 3.04. The van der Waals surface area contributed by atoms with Gasteiger partial charge in [-0.25, -0.2) is 0 Å². The molecule has 0 amide bonds. The van der Waals surface area contributed by atoms with Gasteiger partial charge < -0.3 is 18.9 Å². The molecule has 0 heterocycles. The van der Waals surface area contributed by atoms with Crippen LogP contribution in [0.3, 0.4) is 0 Å². The zero-order valence-electron chi connectivity index (χ0n) is 9.83. The van der Waals surface area contributed by atoms with E-state index in [1.54, 1.807) is 7.11 Å². The first kappa shape index (κ1) is 18.1. The molecule has 106 valence electrons. The van der Waals surface area contributed by atoms with Crippen LogP contribution in [0.5, 0.6) is 0 Å². The molecule has 0 aliphatic heterocycles. The Balaban J connectivity index is 2.99. The van der Waals surface area contributed by atoms with Crippen LogP contribution in [0.2, 0.25) is 0 Å². The van der Waals surface area contributed by atoms with E-state index < -0.39 is 7.67 Å². The van der Waals surface area contributed by atoms with Gasteiger partial charge in [0.2, 0.25) is 0 Å². The fraction of sp³-hybridized carbons (Fsp3) is 1.00. The summed E-state index contributed by atoms with van der Waals surface area (Å²) in [5.74, 6) is 0.456. The molecule has 0 saturated heterocycles. The molecule has 0 saturated carbocycles. The van der Waals surface area contributed by atoms with Crippen LogP contribution in [0.1, 0.15) is 0 Å². The van der Waals surface area contributed by atoms with Gasteiger partial charge in [-0.3, -0.25) is 0 Å². The van der Waals surface area contributed by atoms with Crippen molar-refractivity contribution >= 4 is 39.7 Å². The van der Waals surface area contributed by atoms with Gasteiger partial charge in [-0.1, -0.05) is 0 Å². The van der Waals surface area contributed by atoms with Crippen LogP contribution in [-0.4, -0.2) is 59.1 Å². The Morgan fingerprint density at radius 1 is 0.706 bits per heavy atom. The summed E-state index contributed by atoms with van der Waals surface area (Å²) in [6.45, 7) is 3.75. The van der Waals surface area contributed by atoms with Gasteiger partial charge in [0.1, 0.15) is 0 Å². The molecule has 0 unspecified atom stereocenters. The molecule has 0 fully saturated rings. The van der Waals surface area contributed by atoms with Crippen molar-refractivity contribution in [2.45, 2.75) is 0 Å². The van der Waals surface area contributed by atoms with Crippen LogP contribution in [0.4, 0.5) is 0 Å². The lowest BCUT2D eigenvalue weighted by Gasteiger charge is -2.14. The third-order valence-corrected chi connectivity index (χ3v) is 3.65. The zero-order chi connectivity index (χ0) is 13.0. The third kappa shape index (κ3) is 17.1. The highest BCUT2D eigenvalue weighted by Gasteiger charge is 2.12. The lowest BCUT2D eigenvalue weighted by Crippen LogP contribution is -2.12. The molecule has 8 heteroatoms. The summed E-state index contributed by atoms with van der Waals surface area (Å²) in [5, 5.41) is 0. The van der Waals surface area contributed by atoms with E-state index in [2.05, 4.69) is 0 Å². The monoisotopic (exact) mass is 328 g/mol. The maximum Gasteiger partial charge on any atom is 0.0701 e. The molecule has 0 aliphatic rings. The van der Waals surface area contributed by atoms with Gasteiger partial charge in [-0.15, -0.1) is 0 Å². The van der Waals surface area contributed by atoms with Crippen molar-refractivity contribution in [3.8, 4) is 0 Å². The Morgan fingerprint density at radius 3 is 1.53 bits per heavy atom. The largest absolute Gasteiger partial charge is 0.382 e. The SMILES string of the molecule is COCCOCCOCCOCCS(Cl)(Cl)Cl. The predicted octanol–water partition coefficient (Wildman–Crippen LogP) is 2.95. The van der Waals surface area contributed by atoms with Crippen molar-refractivity contribution < 1.29 is 18.9 Å². The van der Waals surface area contributed by atoms with Crippen molar-refractivity contribution in [3.63, 3.8) is 0 Å². The van der Waals surface area contributed by atoms with E-state index >= 15 is 0 Å². The first-order valence-corrected chi connectivity index (χ1v) is 9.46. The maximum atomic E-state index is 5.63. The third-order valence-electron chi connectivity index (χ3n) is 1.63. The highest BCUT2D eigenvalue weighted by atomic mass is 36.2. The highest BCUT2D eigenvalue weighted by Crippen LogP contribution is 2.62. The molecule has 0 atom stereocenters. The second-order valence-corrected chi connectivity index (χ2v) is 10.6. The summed E-state index contributed by atoms with van der Waals surface area (Å²) in [4.78, 5) is 0. The van der Waals surface area contributed by atoms with Gasteiger partial charge in [0.25, 0.3) is 0 Å². The molecular formula is C9H19Cl3O4S. The standard InChI is InChI=1S/C9H19Cl3O4S/c1-13-2-3-14-4-5-15-6-7-16-8-9-17(10,11)12/h2-9H2,1H3. The molecule has 0 rings (SSSR count). The fourth-order valence-corrected chi connectivity index (χ4v) is 1.71. The summed E-state index contributed by atoms with van der Waals surface area (Å²) < 4.78 is 20.5. The number of rotatable bonds is 12. The first-order valence-electron chi connectivity index (χ1n) is 5.18. The smallest absolute Gasteiger partial charge is 0.0701 e. The Kier molecular flexibility index (Phi) is 12.9.